The van der Waals surface area contributed by atoms with Gasteiger partial charge in [0.15, 0.2) is 0 Å². The maximum atomic E-state index is 9.49. The molecular weight excluding hydrogens is 238 g/mol. The van der Waals surface area contributed by atoms with Gasteiger partial charge in [-0.1, -0.05) is 24.3 Å². The molecule has 0 amide bonds. The van der Waals surface area contributed by atoms with Crippen LogP contribution < -0.4 is 0 Å². The molecule has 19 heavy (non-hydrogen) atoms. The van der Waals surface area contributed by atoms with E-state index in [0.29, 0.717) is 6.42 Å². The summed E-state index contributed by atoms with van der Waals surface area (Å²) in [6.07, 6.45) is 0.586. The van der Waals surface area contributed by atoms with Crippen molar-refractivity contribution in [3.05, 3.63) is 59.2 Å². The first-order valence-electron chi connectivity index (χ1n) is 6.07. The molecule has 1 unspecified atom stereocenters. The molecular formula is C16H15NO2. The van der Waals surface area contributed by atoms with E-state index in [9.17, 15) is 15.5 Å². The largest absolute Gasteiger partial charge is 0.508 e. The van der Waals surface area contributed by atoms with Crippen LogP contribution in [-0.4, -0.2) is 10.2 Å². The van der Waals surface area contributed by atoms with Gasteiger partial charge in [-0.2, -0.15) is 5.26 Å². The molecule has 3 nitrogen and oxygen atoms in total. The van der Waals surface area contributed by atoms with Gasteiger partial charge in [0.25, 0.3) is 0 Å². The van der Waals surface area contributed by atoms with Crippen molar-refractivity contribution >= 4 is 0 Å². The van der Waals surface area contributed by atoms with Crippen molar-refractivity contribution in [2.24, 2.45) is 0 Å². The van der Waals surface area contributed by atoms with E-state index < -0.39 is 0 Å². The normalized spacial score (nSPS) is 11.8. The lowest BCUT2D eigenvalue weighted by Crippen LogP contribution is -2.00. The summed E-state index contributed by atoms with van der Waals surface area (Å²) in [5.74, 6) is 0.201. The van der Waals surface area contributed by atoms with Crippen LogP contribution >= 0.6 is 0 Å². The first kappa shape index (κ1) is 13.0. The highest BCUT2D eigenvalue weighted by Crippen LogP contribution is 2.24. The van der Waals surface area contributed by atoms with Crippen molar-refractivity contribution in [1.29, 1.82) is 5.26 Å². The Hall–Kier alpha value is -2.47. The first-order chi connectivity index (χ1) is 9.10. The Balaban J connectivity index is 2.22. The first-order valence-corrected chi connectivity index (χ1v) is 6.07. The predicted molar refractivity (Wildman–Crippen MR) is 73.0 cm³/mol. The zero-order valence-electron chi connectivity index (χ0n) is 10.7. The minimum atomic E-state index is -0.260. The summed E-state index contributed by atoms with van der Waals surface area (Å²) < 4.78 is 0. The molecule has 0 aliphatic carbocycles. The number of rotatable bonds is 3. The Morgan fingerprint density at radius 3 is 2.37 bits per heavy atom. The summed E-state index contributed by atoms with van der Waals surface area (Å²) in [5.41, 5.74) is 2.70. The van der Waals surface area contributed by atoms with E-state index in [2.05, 4.69) is 6.07 Å². The van der Waals surface area contributed by atoms with Crippen molar-refractivity contribution in [3.8, 4) is 17.6 Å². The Morgan fingerprint density at radius 2 is 1.79 bits per heavy atom. The maximum absolute atomic E-state index is 9.49. The molecule has 0 radical (unpaired) electrons. The third-order valence-corrected chi connectivity index (χ3v) is 3.15. The van der Waals surface area contributed by atoms with Crippen LogP contribution in [0.25, 0.3) is 0 Å². The Labute approximate surface area is 112 Å². The number of hydrogen-bond donors (Lipinski definition) is 2. The third kappa shape index (κ3) is 3.05. The number of benzene rings is 2. The summed E-state index contributed by atoms with van der Waals surface area (Å²) in [7, 11) is 0. The molecule has 0 aliphatic heterocycles. The lowest BCUT2D eigenvalue weighted by molar-refractivity contribution is 0.470. The molecule has 0 aliphatic rings. The SMILES string of the molecule is Cc1cc(CC(C#N)c2ccc(O)cc2)ccc1O. The number of nitrogens with zero attached hydrogens (tertiary/aromatic N) is 1. The van der Waals surface area contributed by atoms with Gasteiger partial charge in [0.2, 0.25) is 0 Å². The smallest absolute Gasteiger partial charge is 0.118 e. The van der Waals surface area contributed by atoms with Gasteiger partial charge in [-0.15, -0.1) is 0 Å². The third-order valence-electron chi connectivity index (χ3n) is 3.15. The number of phenolic OH excluding ortho intramolecular Hbond substituents is 2. The molecule has 2 N–H and O–H groups in total. The van der Waals surface area contributed by atoms with Crippen LogP contribution in [-0.2, 0) is 6.42 Å². The van der Waals surface area contributed by atoms with E-state index >= 15 is 0 Å². The van der Waals surface area contributed by atoms with Crippen molar-refractivity contribution in [2.75, 3.05) is 0 Å². The fraction of sp³-hybridized carbons (Fsp3) is 0.188. The second kappa shape index (κ2) is 5.45. The van der Waals surface area contributed by atoms with Crippen molar-refractivity contribution < 1.29 is 10.2 Å². The van der Waals surface area contributed by atoms with E-state index in [-0.39, 0.29) is 17.4 Å². The molecule has 2 aromatic rings. The quantitative estimate of drug-likeness (QED) is 0.882. The van der Waals surface area contributed by atoms with Crippen molar-refractivity contribution in [1.82, 2.24) is 0 Å². The van der Waals surface area contributed by atoms with Gasteiger partial charge in [0, 0.05) is 0 Å². The molecule has 0 spiro atoms. The maximum Gasteiger partial charge on any atom is 0.118 e. The molecule has 0 bridgehead atoms. The highest BCUT2D eigenvalue weighted by atomic mass is 16.3. The molecule has 0 saturated heterocycles. The minimum Gasteiger partial charge on any atom is -0.508 e. The Kier molecular flexibility index (Phi) is 3.72. The molecule has 0 aromatic heterocycles. The molecule has 2 aromatic carbocycles. The van der Waals surface area contributed by atoms with Crippen LogP contribution in [0.5, 0.6) is 11.5 Å². The van der Waals surface area contributed by atoms with Crippen LogP contribution in [0.1, 0.15) is 22.6 Å². The average Bonchev–Trinajstić information content (AvgIpc) is 2.41. The molecule has 1 atom stereocenters. The zero-order chi connectivity index (χ0) is 13.8. The van der Waals surface area contributed by atoms with E-state index in [1.165, 1.54) is 0 Å². The van der Waals surface area contributed by atoms with E-state index in [4.69, 9.17) is 0 Å². The molecule has 0 heterocycles. The summed E-state index contributed by atoms with van der Waals surface area (Å²) >= 11 is 0. The highest BCUT2D eigenvalue weighted by molar-refractivity contribution is 5.38. The summed E-state index contributed by atoms with van der Waals surface area (Å²) in [5, 5.41) is 28.0. The number of nitriles is 1. The molecule has 2 rings (SSSR count). The predicted octanol–water partition coefficient (Wildman–Crippen LogP) is 3.26. The van der Waals surface area contributed by atoms with Gasteiger partial charge in [-0.05, 0) is 48.2 Å². The van der Waals surface area contributed by atoms with Crippen LogP contribution in [0.2, 0.25) is 0 Å². The van der Waals surface area contributed by atoms with Gasteiger partial charge < -0.3 is 10.2 Å². The minimum absolute atomic E-state index is 0.195. The lowest BCUT2D eigenvalue weighted by atomic mass is 9.92. The molecule has 96 valence electrons. The van der Waals surface area contributed by atoms with Gasteiger partial charge >= 0.3 is 0 Å². The van der Waals surface area contributed by atoms with Crippen LogP contribution in [0, 0.1) is 18.3 Å². The fourth-order valence-electron chi connectivity index (χ4n) is 2.02. The van der Waals surface area contributed by atoms with Crippen molar-refractivity contribution in [2.45, 2.75) is 19.3 Å². The van der Waals surface area contributed by atoms with Gasteiger partial charge in [-0.25, -0.2) is 0 Å². The molecule has 0 saturated carbocycles. The second-order valence-electron chi connectivity index (χ2n) is 4.60. The average molecular weight is 253 g/mol. The van der Waals surface area contributed by atoms with Crippen molar-refractivity contribution in [3.63, 3.8) is 0 Å². The number of aromatic hydroxyl groups is 2. The second-order valence-corrected chi connectivity index (χ2v) is 4.60. The van der Waals surface area contributed by atoms with E-state index in [1.54, 1.807) is 30.3 Å². The Morgan fingerprint density at radius 1 is 1.11 bits per heavy atom. The molecule has 3 heteroatoms. The van der Waals surface area contributed by atoms with Gasteiger partial charge in [0.1, 0.15) is 11.5 Å². The number of aryl methyl sites for hydroxylation is 1. The van der Waals surface area contributed by atoms with Crippen LogP contribution in [0.15, 0.2) is 42.5 Å². The highest BCUT2D eigenvalue weighted by Gasteiger charge is 2.12. The van der Waals surface area contributed by atoms with E-state index in [0.717, 1.165) is 16.7 Å². The van der Waals surface area contributed by atoms with Crippen LogP contribution in [0.4, 0.5) is 0 Å². The number of phenols is 2. The monoisotopic (exact) mass is 253 g/mol. The summed E-state index contributed by atoms with van der Waals surface area (Å²) in [4.78, 5) is 0. The topological polar surface area (TPSA) is 64.2 Å². The lowest BCUT2D eigenvalue weighted by Gasteiger charge is -2.10. The van der Waals surface area contributed by atoms with Gasteiger partial charge in [-0.3, -0.25) is 0 Å². The Bertz CT molecular complexity index is 612. The number of hydrogen-bond acceptors (Lipinski definition) is 3. The zero-order valence-corrected chi connectivity index (χ0v) is 10.7. The summed E-state index contributed by atoms with van der Waals surface area (Å²) in [6, 6.07) is 14.3. The van der Waals surface area contributed by atoms with E-state index in [1.807, 2.05) is 19.1 Å². The summed E-state index contributed by atoms with van der Waals surface area (Å²) in [6.45, 7) is 1.83. The molecule has 0 fully saturated rings. The van der Waals surface area contributed by atoms with Crippen LogP contribution in [0.3, 0.4) is 0 Å². The fourth-order valence-corrected chi connectivity index (χ4v) is 2.02. The van der Waals surface area contributed by atoms with Gasteiger partial charge in [0.05, 0.1) is 12.0 Å². The standard InChI is InChI=1S/C16H15NO2/c1-11-8-12(2-7-16(11)19)9-14(10-17)13-3-5-15(18)6-4-13/h2-8,14,18-19H,9H2,1H3.